The lowest BCUT2D eigenvalue weighted by atomic mass is 9.98. The van der Waals surface area contributed by atoms with Crippen LogP contribution in [0.5, 0.6) is 0 Å². The minimum atomic E-state index is 0.716. The fourth-order valence-electron chi connectivity index (χ4n) is 2.89. The molecule has 3 heteroatoms. The third kappa shape index (κ3) is 5.94. The summed E-state index contributed by atoms with van der Waals surface area (Å²) in [5, 5.41) is 3.74. The van der Waals surface area contributed by atoms with Crippen LogP contribution in [0.2, 0.25) is 0 Å². The zero-order chi connectivity index (χ0) is 13.4. The van der Waals surface area contributed by atoms with Gasteiger partial charge in [-0.15, -0.1) is 0 Å². The molecule has 1 saturated heterocycles. The molecule has 2 unspecified atom stereocenters. The number of piperazine rings is 1. The Kier molecular flexibility index (Phi) is 8.36. The maximum Gasteiger partial charge on any atom is 0.0218 e. The number of thioether (sulfide) groups is 1. The van der Waals surface area contributed by atoms with Gasteiger partial charge in [0.15, 0.2) is 0 Å². The molecular formula is C15H32N2S. The first-order valence-electron chi connectivity index (χ1n) is 7.63. The molecule has 1 aliphatic heterocycles. The van der Waals surface area contributed by atoms with E-state index in [4.69, 9.17) is 0 Å². The smallest absolute Gasteiger partial charge is 0.0218 e. The molecule has 18 heavy (non-hydrogen) atoms. The molecule has 0 aliphatic carbocycles. The molecule has 108 valence electrons. The second-order valence-corrected chi connectivity index (χ2v) is 6.98. The number of hydrogen-bond acceptors (Lipinski definition) is 3. The quantitative estimate of drug-likeness (QED) is 0.683. The van der Waals surface area contributed by atoms with E-state index in [0.29, 0.717) is 6.04 Å². The van der Waals surface area contributed by atoms with Gasteiger partial charge in [-0.3, -0.25) is 4.90 Å². The fourth-order valence-corrected chi connectivity index (χ4v) is 3.39. The molecule has 1 rings (SSSR count). The Balaban J connectivity index is 2.33. The van der Waals surface area contributed by atoms with Crippen LogP contribution < -0.4 is 5.32 Å². The third-order valence-corrected chi connectivity index (χ3v) is 4.58. The lowest BCUT2D eigenvalue weighted by Gasteiger charge is -2.40. The van der Waals surface area contributed by atoms with Crippen molar-refractivity contribution in [1.29, 1.82) is 0 Å². The molecule has 1 heterocycles. The summed E-state index contributed by atoms with van der Waals surface area (Å²) in [6.07, 6.45) is 7.54. The van der Waals surface area contributed by atoms with Crippen LogP contribution in [-0.2, 0) is 0 Å². The Bertz CT molecular complexity index is 209. The van der Waals surface area contributed by atoms with Crippen molar-refractivity contribution in [1.82, 2.24) is 10.2 Å². The highest BCUT2D eigenvalue weighted by Crippen LogP contribution is 2.16. The molecule has 0 aromatic heterocycles. The number of nitrogens with one attached hydrogen (secondary N) is 1. The van der Waals surface area contributed by atoms with Crippen molar-refractivity contribution in [3.63, 3.8) is 0 Å². The molecule has 0 saturated carbocycles. The highest BCUT2D eigenvalue weighted by molar-refractivity contribution is 7.98. The molecule has 0 aromatic rings. The van der Waals surface area contributed by atoms with Gasteiger partial charge >= 0.3 is 0 Å². The van der Waals surface area contributed by atoms with Gasteiger partial charge in [-0.25, -0.2) is 0 Å². The van der Waals surface area contributed by atoms with Crippen molar-refractivity contribution in [2.24, 2.45) is 5.92 Å². The van der Waals surface area contributed by atoms with E-state index in [1.807, 2.05) is 11.8 Å². The van der Waals surface area contributed by atoms with Crippen LogP contribution in [0.25, 0.3) is 0 Å². The molecule has 1 fully saturated rings. The van der Waals surface area contributed by atoms with Gasteiger partial charge in [0.2, 0.25) is 0 Å². The maximum absolute atomic E-state index is 3.74. The van der Waals surface area contributed by atoms with Gasteiger partial charge in [0, 0.05) is 25.2 Å². The van der Waals surface area contributed by atoms with Gasteiger partial charge in [-0.05, 0) is 50.2 Å². The van der Waals surface area contributed by atoms with Gasteiger partial charge in [-0.1, -0.05) is 20.8 Å². The Labute approximate surface area is 118 Å². The summed E-state index contributed by atoms with van der Waals surface area (Å²) >= 11 is 1.97. The minimum absolute atomic E-state index is 0.716. The van der Waals surface area contributed by atoms with Crippen LogP contribution in [0.3, 0.4) is 0 Å². The van der Waals surface area contributed by atoms with E-state index in [9.17, 15) is 0 Å². The predicted molar refractivity (Wildman–Crippen MR) is 84.5 cm³/mol. The Hall–Kier alpha value is 0.270. The Morgan fingerprint density at radius 2 is 2.11 bits per heavy atom. The molecule has 0 bridgehead atoms. The van der Waals surface area contributed by atoms with Gasteiger partial charge < -0.3 is 5.32 Å². The Morgan fingerprint density at radius 3 is 2.72 bits per heavy atom. The van der Waals surface area contributed by atoms with Crippen molar-refractivity contribution in [3.8, 4) is 0 Å². The summed E-state index contributed by atoms with van der Waals surface area (Å²) in [6.45, 7) is 10.7. The zero-order valence-electron chi connectivity index (χ0n) is 12.7. The van der Waals surface area contributed by atoms with E-state index < -0.39 is 0 Å². The van der Waals surface area contributed by atoms with E-state index in [-0.39, 0.29) is 0 Å². The molecule has 0 spiro atoms. The molecular weight excluding hydrogens is 240 g/mol. The van der Waals surface area contributed by atoms with Crippen molar-refractivity contribution < 1.29 is 0 Å². The molecule has 2 nitrogen and oxygen atoms in total. The van der Waals surface area contributed by atoms with Gasteiger partial charge in [-0.2, -0.15) is 11.8 Å². The van der Waals surface area contributed by atoms with E-state index >= 15 is 0 Å². The SMILES string of the molecule is CCC1CNC(CC(C)C)CN1CCCCSC. The van der Waals surface area contributed by atoms with E-state index in [1.54, 1.807) is 0 Å². The summed E-state index contributed by atoms with van der Waals surface area (Å²) in [4.78, 5) is 2.74. The van der Waals surface area contributed by atoms with Crippen LogP contribution in [0, 0.1) is 5.92 Å². The molecule has 2 atom stereocenters. The van der Waals surface area contributed by atoms with Crippen LogP contribution >= 0.6 is 11.8 Å². The van der Waals surface area contributed by atoms with Crippen molar-refractivity contribution in [2.75, 3.05) is 31.6 Å². The number of rotatable bonds is 8. The summed E-state index contributed by atoms with van der Waals surface area (Å²) in [5.41, 5.74) is 0. The van der Waals surface area contributed by atoms with E-state index in [2.05, 4.69) is 37.2 Å². The third-order valence-electron chi connectivity index (χ3n) is 3.88. The Morgan fingerprint density at radius 1 is 1.33 bits per heavy atom. The highest BCUT2D eigenvalue weighted by atomic mass is 32.2. The summed E-state index contributed by atoms with van der Waals surface area (Å²) in [5.74, 6) is 2.12. The first-order chi connectivity index (χ1) is 8.67. The molecule has 0 amide bonds. The largest absolute Gasteiger partial charge is 0.311 e. The number of unbranched alkanes of at least 4 members (excludes halogenated alkanes) is 1. The molecule has 0 radical (unpaired) electrons. The van der Waals surface area contributed by atoms with Crippen molar-refractivity contribution in [2.45, 2.75) is 58.5 Å². The maximum atomic E-state index is 3.74. The zero-order valence-corrected chi connectivity index (χ0v) is 13.6. The second-order valence-electron chi connectivity index (χ2n) is 5.99. The van der Waals surface area contributed by atoms with Gasteiger partial charge in [0.1, 0.15) is 0 Å². The number of hydrogen-bond donors (Lipinski definition) is 1. The first kappa shape index (κ1) is 16.3. The summed E-state index contributed by atoms with van der Waals surface area (Å²) in [7, 11) is 0. The van der Waals surface area contributed by atoms with Gasteiger partial charge in [0.25, 0.3) is 0 Å². The van der Waals surface area contributed by atoms with Crippen LogP contribution in [0.4, 0.5) is 0 Å². The summed E-state index contributed by atoms with van der Waals surface area (Å²) < 4.78 is 0. The fraction of sp³-hybridized carbons (Fsp3) is 1.00. The minimum Gasteiger partial charge on any atom is -0.311 e. The molecule has 0 aromatic carbocycles. The average Bonchev–Trinajstić information content (AvgIpc) is 2.34. The van der Waals surface area contributed by atoms with E-state index in [0.717, 1.165) is 12.0 Å². The normalized spacial score (nSPS) is 25.8. The standard InChI is InChI=1S/C15H32N2S/c1-5-15-11-16-14(10-13(2)3)12-17(15)8-6-7-9-18-4/h13-16H,5-12H2,1-4H3. The van der Waals surface area contributed by atoms with Crippen molar-refractivity contribution in [3.05, 3.63) is 0 Å². The topological polar surface area (TPSA) is 15.3 Å². The molecule has 1 aliphatic rings. The van der Waals surface area contributed by atoms with E-state index in [1.165, 1.54) is 51.1 Å². The van der Waals surface area contributed by atoms with Gasteiger partial charge in [0.05, 0.1) is 0 Å². The lowest BCUT2D eigenvalue weighted by molar-refractivity contribution is 0.117. The second kappa shape index (κ2) is 9.22. The monoisotopic (exact) mass is 272 g/mol. The first-order valence-corrected chi connectivity index (χ1v) is 9.03. The predicted octanol–water partition coefficient (Wildman–Crippen LogP) is 3.23. The van der Waals surface area contributed by atoms with Crippen molar-refractivity contribution >= 4 is 11.8 Å². The van der Waals surface area contributed by atoms with Crippen LogP contribution in [0.1, 0.15) is 46.5 Å². The average molecular weight is 273 g/mol. The van der Waals surface area contributed by atoms with Crippen LogP contribution in [-0.4, -0.2) is 48.6 Å². The number of nitrogens with zero attached hydrogens (tertiary/aromatic N) is 1. The molecule has 1 N–H and O–H groups in total. The highest BCUT2D eigenvalue weighted by Gasteiger charge is 2.26. The lowest BCUT2D eigenvalue weighted by Crippen LogP contribution is -2.56. The van der Waals surface area contributed by atoms with Crippen LogP contribution in [0.15, 0.2) is 0 Å². The summed E-state index contributed by atoms with van der Waals surface area (Å²) in [6, 6.07) is 1.48.